The van der Waals surface area contributed by atoms with Crippen molar-refractivity contribution in [1.29, 1.82) is 0 Å². The topological polar surface area (TPSA) is 101 Å². The number of aromatic nitrogens is 3. The highest BCUT2D eigenvalue weighted by atomic mass is 32.2. The van der Waals surface area contributed by atoms with Crippen molar-refractivity contribution in [3.63, 3.8) is 0 Å². The molecule has 0 bridgehead atoms. The lowest BCUT2D eigenvalue weighted by Gasteiger charge is -2.37. The molecular formula is C16H21N5O3S. The van der Waals surface area contributed by atoms with Gasteiger partial charge in [-0.3, -0.25) is 9.62 Å². The van der Waals surface area contributed by atoms with Gasteiger partial charge in [0.05, 0.1) is 12.3 Å². The summed E-state index contributed by atoms with van der Waals surface area (Å²) in [6.07, 6.45) is 8.60. The third-order valence-electron chi connectivity index (χ3n) is 4.87. The molecule has 134 valence electrons. The number of pyridine rings is 1. The number of likely N-dealkylation sites (tertiary alicyclic amines) is 1. The molecular weight excluding hydrogens is 342 g/mol. The molecule has 1 saturated carbocycles. The zero-order valence-electron chi connectivity index (χ0n) is 14.1. The van der Waals surface area contributed by atoms with Gasteiger partial charge in [0, 0.05) is 17.8 Å². The minimum absolute atomic E-state index is 0.196. The number of anilines is 1. The van der Waals surface area contributed by atoms with Crippen molar-refractivity contribution in [2.24, 2.45) is 0 Å². The van der Waals surface area contributed by atoms with E-state index in [4.69, 9.17) is 4.52 Å². The molecule has 1 atom stereocenters. The van der Waals surface area contributed by atoms with Crippen LogP contribution >= 0.6 is 0 Å². The summed E-state index contributed by atoms with van der Waals surface area (Å²) in [7, 11) is -3.38. The van der Waals surface area contributed by atoms with Crippen molar-refractivity contribution in [2.75, 3.05) is 17.5 Å². The van der Waals surface area contributed by atoms with Crippen LogP contribution in [0.25, 0.3) is 11.4 Å². The summed E-state index contributed by atoms with van der Waals surface area (Å²) in [6.45, 7) is 1.09. The molecule has 4 rings (SSSR count). The van der Waals surface area contributed by atoms with Crippen molar-refractivity contribution in [2.45, 2.75) is 44.2 Å². The van der Waals surface area contributed by atoms with E-state index >= 15 is 0 Å². The highest BCUT2D eigenvalue weighted by molar-refractivity contribution is 7.92. The van der Waals surface area contributed by atoms with Gasteiger partial charge >= 0.3 is 0 Å². The Hall–Kier alpha value is -2.00. The van der Waals surface area contributed by atoms with Gasteiger partial charge in [0.2, 0.25) is 21.7 Å². The van der Waals surface area contributed by atoms with Gasteiger partial charge in [-0.25, -0.2) is 13.4 Å². The molecule has 2 aromatic rings. The fraction of sp³-hybridized carbons (Fsp3) is 0.562. The smallest absolute Gasteiger partial charge is 0.244 e. The Morgan fingerprint density at radius 3 is 2.84 bits per heavy atom. The van der Waals surface area contributed by atoms with Crippen molar-refractivity contribution in [3.8, 4) is 11.4 Å². The molecule has 1 unspecified atom stereocenters. The van der Waals surface area contributed by atoms with Crippen molar-refractivity contribution >= 4 is 15.8 Å². The fourth-order valence-corrected chi connectivity index (χ4v) is 4.00. The Morgan fingerprint density at radius 1 is 1.28 bits per heavy atom. The van der Waals surface area contributed by atoms with Crippen molar-refractivity contribution < 1.29 is 12.9 Å². The highest BCUT2D eigenvalue weighted by Gasteiger charge is 2.37. The molecule has 25 heavy (non-hydrogen) atoms. The Labute approximate surface area is 146 Å². The zero-order valence-corrected chi connectivity index (χ0v) is 14.9. The quantitative estimate of drug-likeness (QED) is 0.869. The van der Waals surface area contributed by atoms with Crippen LogP contribution in [0.15, 0.2) is 22.9 Å². The number of nitrogens with one attached hydrogen (secondary N) is 1. The molecule has 8 nitrogen and oxygen atoms in total. The minimum Gasteiger partial charge on any atom is -0.337 e. The normalized spacial score (nSPS) is 22.0. The van der Waals surface area contributed by atoms with Crippen LogP contribution in [0.1, 0.15) is 44.0 Å². The van der Waals surface area contributed by atoms with Gasteiger partial charge in [0.15, 0.2) is 0 Å². The standard InChI is InChI=1S/C16H21N5O3S/c1-25(22,23)20-14-10-11(7-8-17-14)15-18-16(24-19-15)13-6-3-9-21(13)12-4-2-5-12/h7-8,10,12-13H,2-6,9H2,1H3,(H,17,20). The van der Waals surface area contributed by atoms with Crippen LogP contribution in [0.2, 0.25) is 0 Å². The summed E-state index contributed by atoms with van der Waals surface area (Å²) >= 11 is 0. The maximum Gasteiger partial charge on any atom is 0.244 e. The molecule has 9 heteroatoms. The maximum atomic E-state index is 11.4. The average molecular weight is 363 g/mol. The molecule has 0 aromatic carbocycles. The zero-order chi connectivity index (χ0) is 17.4. The molecule has 1 aliphatic heterocycles. The lowest BCUT2D eigenvalue weighted by atomic mass is 9.91. The average Bonchev–Trinajstić information content (AvgIpc) is 3.12. The number of hydrogen-bond acceptors (Lipinski definition) is 7. The van der Waals surface area contributed by atoms with E-state index in [0.29, 0.717) is 23.3 Å². The summed E-state index contributed by atoms with van der Waals surface area (Å²) in [4.78, 5) is 11.1. The van der Waals surface area contributed by atoms with Crippen molar-refractivity contribution in [1.82, 2.24) is 20.0 Å². The lowest BCUT2D eigenvalue weighted by molar-refractivity contribution is 0.0966. The Balaban J connectivity index is 1.56. The monoisotopic (exact) mass is 363 g/mol. The SMILES string of the molecule is CS(=O)(=O)Nc1cc(-c2noc(C3CCCN3C3CCC3)n2)ccn1. The summed E-state index contributed by atoms with van der Waals surface area (Å²) in [6, 6.07) is 4.19. The Morgan fingerprint density at radius 2 is 2.12 bits per heavy atom. The van der Waals surface area contributed by atoms with Crippen LogP contribution in [-0.2, 0) is 10.0 Å². The minimum atomic E-state index is -3.38. The van der Waals surface area contributed by atoms with Gasteiger partial charge < -0.3 is 4.52 Å². The first-order valence-corrected chi connectivity index (χ1v) is 10.4. The van der Waals surface area contributed by atoms with Gasteiger partial charge in [0.1, 0.15) is 5.82 Å². The Bertz CT molecular complexity index is 862. The number of rotatable bonds is 5. The summed E-state index contributed by atoms with van der Waals surface area (Å²) < 4.78 is 30.6. The molecule has 1 N–H and O–H groups in total. The third kappa shape index (κ3) is 3.52. The third-order valence-corrected chi connectivity index (χ3v) is 5.45. The first-order chi connectivity index (χ1) is 12.0. The number of hydrogen-bond donors (Lipinski definition) is 1. The van der Waals surface area contributed by atoms with Crippen molar-refractivity contribution in [3.05, 3.63) is 24.2 Å². The predicted molar refractivity (Wildman–Crippen MR) is 92.3 cm³/mol. The van der Waals surface area contributed by atoms with E-state index in [1.807, 2.05) is 0 Å². The first kappa shape index (κ1) is 16.5. The lowest BCUT2D eigenvalue weighted by Crippen LogP contribution is -2.39. The summed E-state index contributed by atoms with van der Waals surface area (Å²) in [5.41, 5.74) is 0.671. The van der Waals surface area contributed by atoms with Crippen LogP contribution < -0.4 is 4.72 Å². The highest BCUT2D eigenvalue weighted by Crippen LogP contribution is 2.38. The predicted octanol–water partition coefficient (Wildman–Crippen LogP) is 2.19. The van der Waals surface area contributed by atoms with E-state index in [2.05, 4.69) is 24.7 Å². The second-order valence-corrected chi connectivity index (χ2v) is 8.49. The van der Waals surface area contributed by atoms with Crippen LogP contribution in [0, 0.1) is 0 Å². The maximum absolute atomic E-state index is 11.4. The van der Waals surface area contributed by atoms with Crippen LogP contribution in [-0.4, -0.2) is 47.3 Å². The van der Waals surface area contributed by atoms with Gasteiger partial charge in [-0.1, -0.05) is 11.6 Å². The van der Waals surface area contributed by atoms with Gasteiger partial charge in [-0.15, -0.1) is 0 Å². The number of nitrogens with zero attached hydrogens (tertiary/aromatic N) is 4. The van der Waals surface area contributed by atoms with Crippen LogP contribution in [0.3, 0.4) is 0 Å². The van der Waals surface area contributed by atoms with E-state index in [9.17, 15) is 8.42 Å². The molecule has 2 aromatic heterocycles. The number of sulfonamides is 1. The van der Waals surface area contributed by atoms with Gasteiger partial charge in [-0.2, -0.15) is 4.98 Å². The van der Waals surface area contributed by atoms with Crippen LogP contribution in [0.5, 0.6) is 0 Å². The molecule has 2 aliphatic rings. The molecule has 0 amide bonds. The summed E-state index contributed by atoms with van der Waals surface area (Å²) in [5.74, 6) is 1.34. The van der Waals surface area contributed by atoms with E-state index < -0.39 is 10.0 Å². The van der Waals surface area contributed by atoms with Gasteiger partial charge in [0.25, 0.3) is 0 Å². The molecule has 0 radical (unpaired) electrons. The summed E-state index contributed by atoms with van der Waals surface area (Å²) in [5, 5.41) is 4.09. The second kappa shape index (κ2) is 6.38. The van der Waals surface area contributed by atoms with E-state index in [1.165, 1.54) is 25.5 Å². The Kier molecular flexibility index (Phi) is 4.20. The fourth-order valence-electron chi connectivity index (χ4n) is 3.51. The van der Waals surface area contributed by atoms with E-state index in [-0.39, 0.29) is 11.9 Å². The van der Waals surface area contributed by atoms with E-state index in [0.717, 1.165) is 25.6 Å². The van der Waals surface area contributed by atoms with E-state index in [1.54, 1.807) is 12.1 Å². The van der Waals surface area contributed by atoms with Crippen LogP contribution in [0.4, 0.5) is 5.82 Å². The van der Waals surface area contributed by atoms with Gasteiger partial charge in [-0.05, 0) is 44.4 Å². The molecule has 1 aliphatic carbocycles. The first-order valence-electron chi connectivity index (χ1n) is 8.53. The molecule has 0 spiro atoms. The second-order valence-electron chi connectivity index (χ2n) is 6.74. The molecule has 3 heterocycles. The molecule has 2 fully saturated rings. The molecule has 1 saturated heterocycles. The largest absolute Gasteiger partial charge is 0.337 e.